The molecular weight excluding hydrogens is 222 g/mol. The van der Waals surface area contributed by atoms with Crippen molar-refractivity contribution in [3.8, 4) is 11.5 Å². The molecule has 0 saturated heterocycles. The lowest BCUT2D eigenvalue weighted by molar-refractivity contribution is 0.0697. The predicted molar refractivity (Wildman–Crippen MR) is 60.5 cm³/mol. The van der Waals surface area contributed by atoms with Crippen molar-refractivity contribution in [2.45, 2.75) is 12.8 Å². The predicted octanol–water partition coefficient (Wildman–Crippen LogP) is 1.52. The Morgan fingerprint density at radius 2 is 1.82 bits per heavy atom. The summed E-state index contributed by atoms with van der Waals surface area (Å²) >= 11 is 0. The molecule has 0 radical (unpaired) electrons. The Balaban J connectivity index is 1.98. The van der Waals surface area contributed by atoms with Gasteiger partial charge in [0.05, 0.1) is 24.5 Å². The number of carbonyl (C=O) groups is 1. The van der Waals surface area contributed by atoms with Gasteiger partial charge in [-0.25, -0.2) is 4.79 Å². The minimum Gasteiger partial charge on any atom is -0.489 e. The first-order valence-electron chi connectivity index (χ1n) is 5.52. The van der Waals surface area contributed by atoms with Crippen molar-refractivity contribution >= 4 is 11.7 Å². The molecule has 2 aliphatic rings. The fourth-order valence-corrected chi connectivity index (χ4v) is 1.96. The second-order valence-electron chi connectivity index (χ2n) is 4.77. The molecule has 0 atom stereocenters. The van der Waals surface area contributed by atoms with E-state index in [1.54, 1.807) is 0 Å². The van der Waals surface area contributed by atoms with Gasteiger partial charge in [-0.05, 0) is 12.8 Å². The van der Waals surface area contributed by atoms with Crippen LogP contribution < -0.4 is 15.2 Å². The lowest BCUT2D eigenvalue weighted by atomic mass is 10.1. The third-order valence-electron chi connectivity index (χ3n) is 3.37. The Kier molecular flexibility index (Phi) is 1.98. The zero-order chi connectivity index (χ0) is 12.0. The molecular formula is C12H13NO4. The van der Waals surface area contributed by atoms with Gasteiger partial charge in [0.15, 0.2) is 11.5 Å². The maximum absolute atomic E-state index is 11.0. The van der Waals surface area contributed by atoms with Crippen LogP contribution in [-0.2, 0) is 0 Å². The topological polar surface area (TPSA) is 81.8 Å². The Hall–Kier alpha value is -1.91. The molecule has 0 aromatic heterocycles. The number of benzene rings is 1. The van der Waals surface area contributed by atoms with Crippen LogP contribution in [0.25, 0.3) is 0 Å². The van der Waals surface area contributed by atoms with Crippen LogP contribution in [0.1, 0.15) is 23.2 Å². The third kappa shape index (κ3) is 1.67. The minimum atomic E-state index is -1.06. The van der Waals surface area contributed by atoms with Crippen molar-refractivity contribution in [2.24, 2.45) is 5.41 Å². The maximum Gasteiger partial charge on any atom is 0.337 e. The maximum atomic E-state index is 11.0. The monoisotopic (exact) mass is 235 g/mol. The zero-order valence-corrected chi connectivity index (χ0v) is 9.23. The van der Waals surface area contributed by atoms with Gasteiger partial charge in [-0.2, -0.15) is 0 Å². The highest BCUT2D eigenvalue weighted by Crippen LogP contribution is 2.49. The highest BCUT2D eigenvalue weighted by Gasteiger charge is 2.46. The first-order chi connectivity index (χ1) is 8.10. The number of carboxylic acid groups (broad SMARTS) is 1. The number of carboxylic acids is 1. The van der Waals surface area contributed by atoms with Crippen LogP contribution in [0.2, 0.25) is 0 Å². The van der Waals surface area contributed by atoms with Gasteiger partial charge >= 0.3 is 5.97 Å². The van der Waals surface area contributed by atoms with Crippen LogP contribution in [0.5, 0.6) is 11.5 Å². The molecule has 1 aliphatic heterocycles. The van der Waals surface area contributed by atoms with Crippen LogP contribution in [0.15, 0.2) is 12.1 Å². The first kappa shape index (κ1) is 10.3. The second kappa shape index (κ2) is 3.29. The summed E-state index contributed by atoms with van der Waals surface area (Å²) in [5, 5.41) is 8.98. The molecule has 1 spiro atoms. The lowest BCUT2D eigenvalue weighted by Gasteiger charge is -2.09. The summed E-state index contributed by atoms with van der Waals surface area (Å²) in [5.74, 6) is -0.0454. The summed E-state index contributed by atoms with van der Waals surface area (Å²) in [6.07, 6.45) is 2.20. The molecule has 0 unspecified atom stereocenters. The summed E-state index contributed by atoms with van der Waals surface area (Å²) in [6.45, 7) is 1.20. The van der Waals surface area contributed by atoms with E-state index >= 15 is 0 Å². The number of aromatic carboxylic acids is 1. The average molecular weight is 235 g/mol. The van der Waals surface area contributed by atoms with Gasteiger partial charge in [0.25, 0.3) is 0 Å². The summed E-state index contributed by atoms with van der Waals surface area (Å²) in [4.78, 5) is 11.0. The molecule has 3 rings (SSSR count). The van der Waals surface area contributed by atoms with Crippen LogP contribution in [0.4, 0.5) is 5.69 Å². The number of nitrogens with two attached hydrogens (primary N) is 1. The van der Waals surface area contributed by atoms with E-state index in [0.717, 1.165) is 12.8 Å². The SMILES string of the molecule is Nc1cc2c(cc1C(=O)O)OCC1(CC1)CO2. The number of ether oxygens (including phenoxy) is 2. The van der Waals surface area contributed by atoms with Gasteiger partial charge in [0.2, 0.25) is 0 Å². The van der Waals surface area contributed by atoms with Gasteiger partial charge < -0.3 is 20.3 Å². The molecule has 1 aliphatic carbocycles. The molecule has 1 saturated carbocycles. The number of rotatable bonds is 1. The number of hydrogen-bond acceptors (Lipinski definition) is 4. The molecule has 1 heterocycles. The van der Waals surface area contributed by atoms with Crippen molar-refractivity contribution in [1.29, 1.82) is 0 Å². The van der Waals surface area contributed by atoms with Crippen LogP contribution in [0, 0.1) is 5.41 Å². The van der Waals surface area contributed by atoms with Gasteiger partial charge in [-0.15, -0.1) is 0 Å². The molecule has 1 aromatic rings. The van der Waals surface area contributed by atoms with E-state index in [4.69, 9.17) is 20.3 Å². The highest BCUT2D eigenvalue weighted by molar-refractivity contribution is 5.94. The lowest BCUT2D eigenvalue weighted by Crippen LogP contribution is -2.17. The molecule has 17 heavy (non-hydrogen) atoms. The smallest absolute Gasteiger partial charge is 0.337 e. The summed E-state index contributed by atoms with van der Waals surface area (Å²) in [7, 11) is 0. The third-order valence-corrected chi connectivity index (χ3v) is 3.37. The fraction of sp³-hybridized carbons (Fsp3) is 0.417. The fourth-order valence-electron chi connectivity index (χ4n) is 1.96. The van der Waals surface area contributed by atoms with Crippen LogP contribution >= 0.6 is 0 Å². The van der Waals surface area contributed by atoms with E-state index in [1.165, 1.54) is 12.1 Å². The number of nitrogen functional groups attached to an aromatic ring is 1. The van der Waals surface area contributed by atoms with Crippen LogP contribution in [0.3, 0.4) is 0 Å². The quantitative estimate of drug-likeness (QED) is 0.721. The van der Waals surface area contributed by atoms with E-state index in [9.17, 15) is 4.79 Å². The number of hydrogen-bond donors (Lipinski definition) is 2. The summed E-state index contributed by atoms with van der Waals surface area (Å²) < 4.78 is 11.3. The molecule has 5 nitrogen and oxygen atoms in total. The summed E-state index contributed by atoms with van der Waals surface area (Å²) in [6, 6.07) is 2.97. The minimum absolute atomic E-state index is 0.0547. The highest BCUT2D eigenvalue weighted by atomic mass is 16.5. The molecule has 0 bridgehead atoms. The molecule has 5 heteroatoms. The van der Waals surface area contributed by atoms with Gasteiger partial charge in [0, 0.05) is 17.5 Å². The van der Waals surface area contributed by atoms with Gasteiger partial charge in [0.1, 0.15) is 0 Å². The largest absolute Gasteiger partial charge is 0.489 e. The average Bonchev–Trinajstić information content (AvgIpc) is 3.07. The van der Waals surface area contributed by atoms with E-state index in [1.807, 2.05) is 0 Å². The summed E-state index contributed by atoms with van der Waals surface area (Å²) in [5.41, 5.74) is 6.05. The zero-order valence-electron chi connectivity index (χ0n) is 9.23. The number of fused-ring (bicyclic) bond motifs is 1. The van der Waals surface area contributed by atoms with E-state index in [-0.39, 0.29) is 16.7 Å². The molecule has 1 aromatic carbocycles. The molecule has 90 valence electrons. The van der Waals surface area contributed by atoms with Crippen molar-refractivity contribution in [3.05, 3.63) is 17.7 Å². The van der Waals surface area contributed by atoms with E-state index in [0.29, 0.717) is 24.7 Å². The van der Waals surface area contributed by atoms with Crippen molar-refractivity contribution in [2.75, 3.05) is 18.9 Å². The molecule has 3 N–H and O–H groups in total. The van der Waals surface area contributed by atoms with Crippen molar-refractivity contribution in [1.82, 2.24) is 0 Å². The number of anilines is 1. The standard InChI is InChI=1S/C12H13NO4/c13-8-4-10-9(3-7(8)11(14)15)16-5-12(1-2-12)6-17-10/h3-4H,1-2,5-6,13H2,(H,14,15). The van der Waals surface area contributed by atoms with Crippen molar-refractivity contribution in [3.63, 3.8) is 0 Å². The Morgan fingerprint density at radius 3 is 2.35 bits per heavy atom. The Labute approximate surface area is 98.1 Å². The molecule has 1 fully saturated rings. The van der Waals surface area contributed by atoms with Gasteiger partial charge in [-0.1, -0.05) is 0 Å². The van der Waals surface area contributed by atoms with E-state index in [2.05, 4.69) is 0 Å². The van der Waals surface area contributed by atoms with E-state index < -0.39 is 5.97 Å². The first-order valence-corrected chi connectivity index (χ1v) is 5.52. The Bertz CT molecular complexity index is 494. The van der Waals surface area contributed by atoms with Crippen LogP contribution in [-0.4, -0.2) is 24.3 Å². The Morgan fingerprint density at radius 1 is 1.24 bits per heavy atom. The molecule has 0 amide bonds. The van der Waals surface area contributed by atoms with Gasteiger partial charge in [-0.3, -0.25) is 0 Å². The normalized spacial score (nSPS) is 19.8. The second-order valence-corrected chi connectivity index (χ2v) is 4.77. The van der Waals surface area contributed by atoms with Crippen molar-refractivity contribution < 1.29 is 19.4 Å².